The van der Waals surface area contributed by atoms with Crippen LogP contribution >= 0.6 is 0 Å². The van der Waals surface area contributed by atoms with Gasteiger partial charge in [-0.2, -0.15) is 0 Å². The monoisotopic (exact) mass is 264 g/mol. The van der Waals surface area contributed by atoms with Crippen LogP contribution < -0.4 is 10.9 Å². The molecule has 1 aromatic heterocycles. The Balaban J connectivity index is 2.17. The molecule has 1 heterocycles. The maximum atomic E-state index is 12.2. The third-order valence-corrected chi connectivity index (χ3v) is 3.84. The molecule has 2 rings (SSSR count). The van der Waals surface area contributed by atoms with Crippen LogP contribution in [-0.2, 0) is 0 Å². The van der Waals surface area contributed by atoms with E-state index in [9.17, 15) is 14.7 Å². The molecular weight excluding hydrogens is 244 g/mol. The highest BCUT2D eigenvalue weighted by Gasteiger charge is 2.36. The molecule has 0 saturated heterocycles. The molecule has 1 fully saturated rings. The summed E-state index contributed by atoms with van der Waals surface area (Å²) in [6, 6.07) is 3.11. The van der Waals surface area contributed by atoms with Gasteiger partial charge in [-0.05, 0) is 30.9 Å². The molecule has 1 aromatic rings. The number of aromatic nitrogens is 1. The fraction of sp³-hybridized carbons (Fsp3) is 0.571. The summed E-state index contributed by atoms with van der Waals surface area (Å²) in [5.74, 6) is 0.0558. The number of aliphatic hydroxyl groups is 1. The molecule has 2 atom stereocenters. The molecule has 104 valence electrons. The average molecular weight is 264 g/mol. The number of pyridine rings is 1. The van der Waals surface area contributed by atoms with Crippen LogP contribution in [0.3, 0.4) is 0 Å². The lowest BCUT2D eigenvalue weighted by Gasteiger charge is -2.39. The van der Waals surface area contributed by atoms with Crippen molar-refractivity contribution in [3.63, 3.8) is 0 Å². The number of rotatable bonds is 3. The highest BCUT2D eigenvalue weighted by Crippen LogP contribution is 2.32. The van der Waals surface area contributed by atoms with Crippen molar-refractivity contribution in [3.05, 3.63) is 34.2 Å². The number of carbonyl (C=O) groups excluding carboxylic acids is 1. The maximum absolute atomic E-state index is 12.2. The van der Waals surface area contributed by atoms with E-state index in [4.69, 9.17) is 0 Å². The van der Waals surface area contributed by atoms with Gasteiger partial charge in [-0.1, -0.05) is 19.8 Å². The standard InChI is InChI=1S/C14H20N2O3/c1-10-4-2-6-14(8-10,9-17)16-13(19)11-5-3-7-15-12(11)18/h3,5,7,10,17H,2,4,6,8-9H2,1H3,(H,15,18)(H,16,19). The minimum absolute atomic E-state index is 0.0895. The molecule has 1 amide bonds. The summed E-state index contributed by atoms with van der Waals surface area (Å²) < 4.78 is 0. The zero-order valence-corrected chi connectivity index (χ0v) is 11.1. The van der Waals surface area contributed by atoms with Crippen molar-refractivity contribution in [1.29, 1.82) is 0 Å². The summed E-state index contributed by atoms with van der Waals surface area (Å²) >= 11 is 0. The van der Waals surface area contributed by atoms with Gasteiger partial charge in [0.15, 0.2) is 0 Å². The number of aliphatic hydroxyl groups excluding tert-OH is 1. The molecule has 19 heavy (non-hydrogen) atoms. The second-order valence-electron chi connectivity index (χ2n) is 5.51. The van der Waals surface area contributed by atoms with Crippen molar-refractivity contribution in [3.8, 4) is 0 Å². The summed E-state index contributed by atoms with van der Waals surface area (Å²) in [6.45, 7) is 2.03. The normalized spacial score (nSPS) is 26.9. The predicted molar refractivity (Wildman–Crippen MR) is 72.0 cm³/mol. The van der Waals surface area contributed by atoms with Gasteiger partial charge in [0, 0.05) is 6.20 Å². The number of amides is 1. The van der Waals surface area contributed by atoms with E-state index in [1.54, 1.807) is 6.07 Å². The Morgan fingerprint density at radius 2 is 2.42 bits per heavy atom. The first kappa shape index (κ1) is 13.8. The predicted octanol–water partition coefficient (Wildman–Crippen LogP) is 1.05. The lowest BCUT2D eigenvalue weighted by molar-refractivity contribution is 0.0695. The minimum atomic E-state index is -0.586. The summed E-state index contributed by atoms with van der Waals surface area (Å²) in [4.78, 5) is 26.2. The molecule has 0 spiro atoms. The molecule has 0 radical (unpaired) electrons. The van der Waals surface area contributed by atoms with E-state index in [1.807, 2.05) is 0 Å². The Morgan fingerprint density at radius 1 is 1.63 bits per heavy atom. The Hall–Kier alpha value is -1.62. The maximum Gasteiger partial charge on any atom is 0.260 e. The first-order valence-electron chi connectivity index (χ1n) is 6.67. The van der Waals surface area contributed by atoms with Crippen LogP contribution in [0.2, 0.25) is 0 Å². The Bertz CT molecular complexity index is 511. The van der Waals surface area contributed by atoms with Crippen LogP contribution in [-0.4, -0.2) is 28.1 Å². The summed E-state index contributed by atoms with van der Waals surface area (Å²) in [6.07, 6.45) is 5.09. The SMILES string of the molecule is CC1CCCC(CO)(NC(=O)c2ccc[nH]c2=O)C1. The lowest BCUT2D eigenvalue weighted by atomic mass is 9.76. The average Bonchev–Trinajstić information content (AvgIpc) is 2.39. The number of H-pyrrole nitrogens is 1. The van der Waals surface area contributed by atoms with Crippen LogP contribution in [0.1, 0.15) is 43.0 Å². The van der Waals surface area contributed by atoms with Crippen LogP contribution in [0.15, 0.2) is 23.1 Å². The molecule has 5 heteroatoms. The van der Waals surface area contributed by atoms with Gasteiger partial charge in [0.2, 0.25) is 0 Å². The van der Waals surface area contributed by atoms with Crippen LogP contribution in [0.25, 0.3) is 0 Å². The van der Waals surface area contributed by atoms with Gasteiger partial charge in [0.25, 0.3) is 11.5 Å². The topological polar surface area (TPSA) is 82.2 Å². The molecule has 0 bridgehead atoms. The number of aromatic amines is 1. The smallest absolute Gasteiger partial charge is 0.260 e. The fourth-order valence-electron chi connectivity index (χ4n) is 2.87. The van der Waals surface area contributed by atoms with E-state index in [2.05, 4.69) is 17.2 Å². The molecular formula is C14H20N2O3. The zero-order valence-electron chi connectivity index (χ0n) is 11.1. The molecule has 0 aliphatic heterocycles. The fourth-order valence-corrected chi connectivity index (χ4v) is 2.87. The van der Waals surface area contributed by atoms with Gasteiger partial charge in [-0.3, -0.25) is 9.59 Å². The lowest BCUT2D eigenvalue weighted by Crippen LogP contribution is -2.54. The molecule has 1 saturated carbocycles. The van der Waals surface area contributed by atoms with E-state index in [-0.39, 0.29) is 12.2 Å². The number of carbonyl (C=O) groups is 1. The van der Waals surface area contributed by atoms with E-state index in [0.717, 1.165) is 25.7 Å². The Labute approximate surface area is 112 Å². The summed E-state index contributed by atoms with van der Waals surface area (Å²) in [5.41, 5.74) is -0.901. The summed E-state index contributed by atoms with van der Waals surface area (Å²) in [7, 11) is 0. The second-order valence-corrected chi connectivity index (χ2v) is 5.51. The van der Waals surface area contributed by atoms with Gasteiger partial charge >= 0.3 is 0 Å². The third-order valence-electron chi connectivity index (χ3n) is 3.84. The molecule has 5 nitrogen and oxygen atoms in total. The zero-order chi connectivity index (χ0) is 13.9. The molecule has 0 aromatic carbocycles. The van der Waals surface area contributed by atoms with E-state index >= 15 is 0 Å². The third kappa shape index (κ3) is 3.04. The number of nitrogens with one attached hydrogen (secondary N) is 2. The van der Waals surface area contributed by atoms with Crippen molar-refractivity contribution in [1.82, 2.24) is 10.3 Å². The molecule has 3 N–H and O–H groups in total. The highest BCUT2D eigenvalue weighted by molar-refractivity contribution is 5.94. The first-order chi connectivity index (χ1) is 9.06. The Morgan fingerprint density at radius 3 is 3.05 bits per heavy atom. The quantitative estimate of drug-likeness (QED) is 0.763. The van der Waals surface area contributed by atoms with Crippen molar-refractivity contribution < 1.29 is 9.90 Å². The highest BCUT2D eigenvalue weighted by atomic mass is 16.3. The second kappa shape index (κ2) is 5.57. The number of hydrogen-bond donors (Lipinski definition) is 3. The first-order valence-corrected chi connectivity index (χ1v) is 6.67. The Kier molecular flexibility index (Phi) is 4.04. The van der Waals surface area contributed by atoms with Crippen molar-refractivity contribution >= 4 is 5.91 Å². The molecule has 2 unspecified atom stereocenters. The largest absolute Gasteiger partial charge is 0.394 e. The number of hydrogen-bond acceptors (Lipinski definition) is 3. The molecule has 1 aliphatic rings. The van der Waals surface area contributed by atoms with Crippen molar-refractivity contribution in [2.24, 2.45) is 5.92 Å². The minimum Gasteiger partial charge on any atom is -0.394 e. The molecule has 1 aliphatic carbocycles. The van der Waals surface area contributed by atoms with Gasteiger partial charge < -0.3 is 15.4 Å². The van der Waals surface area contributed by atoms with Crippen molar-refractivity contribution in [2.45, 2.75) is 38.1 Å². The van der Waals surface area contributed by atoms with Gasteiger partial charge in [0.05, 0.1) is 12.1 Å². The van der Waals surface area contributed by atoms with Gasteiger partial charge in [0.1, 0.15) is 5.56 Å². The van der Waals surface area contributed by atoms with Gasteiger partial charge in [-0.15, -0.1) is 0 Å². The van der Waals surface area contributed by atoms with Gasteiger partial charge in [-0.25, -0.2) is 0 Å². The van der Waals surface area contributed by atoms with E-state index in [1.165, 1.54) is 12.3 Å². The van der Waals surface area contributed by atoms with Crippen molar-refractivity contribution in [2.75, 3.05) is 6.61 Å². The van der Waals surface area contributed by atoms with Crippen LogP contribution in [0.4, 0.5) is 0 Å². The van der Waals surface area contributed by atoms with E-state index in [0.29, 0.717) is 5.92 Å². The van der Waals surface area contributed by atoms with Crippen LogP contribution in [0.5, 0.6) is 0 Å². The van der Waals surface area contributed by atoms with E-state index < -0.39 is 17.0 Å². The summed E-state index contributed by atoms with van der Waals surface area (Å²) in [5, 5.41) is 12.5. The van der Waals surface area contributed by atoms with Crippen LogP contribution in [0, 0.1) is 5.92 Å².